The van der Waals surface area contributed by atoms with Crippen LogP contribution in [0.1, 0.15) is 43.7 Å². The lowest BCUT2D eigenvalue weighted by molar-refractivity contribution is -0.131. The van der Waals surface area contributed by atoms with Crippen LogP contribution in [0, 0.1) is 0 Å². The van der Waals surface area contributed by atoms with E-state index in [4.69, 9.17) is 9.47 Å². The number of piperidine rings is 1. The van der Waals surface area contributed by atoms with Gasteiger partial charge in [0.2, 0.25) is 5.91 Å². The van der Waals surface area contributed by atoms with Gasteiger partial charge in [-0.1, -0.05) is 24.3 Å². The third-order valence-corrected chi connectivity index (χ3v) is 5.89. The molecule has 2 fully saturated rings. The molecule has 1 spiro atoms. The van der Waals surface area contributed by atoms with E-state index in [9.17, 15) is 4.79 Å². The quantitative estimate of drug-likeness (QED) is 0.843. The normalized spacial score (nSPS) is 27.5. The van der Waals surface area contributed by atoms with Crippen molar-refractivity contribution in [3.05, 3.63) is 42.5 Å². The largest absolute Gasteiger partial charge is 0.487 e. The van der Waals surface area contributed by atoms with E-state index in [2.05, 4.69) is 22.9 Å². The summed E-state index contributed by atoms with van der Waals surface area (Å²) in [6.07, 6.45) is 6.21. The van der Waals surface area contributed by atoms with Crippen LogP contribution in [0.15, 0.2) is 36.9 Å². The molecular formula is C21H28N2O3. The van der Waals surface area contributed by atoms with E-state index >= 15 is 0 Å². The monoisotopic (exact) mass is 356 g/mol. The molecule has 0 unspecified atom stereocenters. The first-order valence-electron chi connectivity index (χ1n) is 9.72. The lowest BCUT2D eigenvalue weighted by atomic mass is 9.80. The molecule has 1 aromatic carbocycles. The highest BCUT2D eigenvalue weighted by molar-refractivity contribution is 5.81. The molecule has 2 atom stereocenters. The van der Waals surface area contributed by atoms with E-state index in [1.165, 1.54) is 0 Å². The van der Waals surface area contributed by atoms with Gasteiger partial charge in [0.15, 0.2) is 0 Å². The van der Waals surface area contributed by atoms with Crippen LogP contribution in [0.5, 0.6) is 5.75 Å². The van der Waals surface area contributed by atoms with Gasteiger partial charge in [0.1, 0.15) is 17.5 Å². The maximum Gasteiger partial charge on any atom is 0.249 e. The number of carbonyl (C=O) groups is 1. The van der Waals surface area contributed by atoms with Crippen LogP contribution in [0.4, 0.5) is 0 Å². The number of para-hydroxylation sites is 1. The minimum absolute atomic E-state index is 0.0115. The van der Waals surface area contributed by atoms with Crippen LogP contribution < -0.4 is 10.1 Å². The number of fused-ring (bicyclic) bond motifs is 1. The molecule has 0 bridgehead atoms. The number of rotatable bonds is 4. The topological polar surface area (TPSA) is 50.8 Å². The Morgan fingerprint density at radius 2 is 2.15 bits per heavy atom. The van der Waals surface area contributed by atoms with Gasteiger partial charge in [-0.15, -0.1) is 6.58 Å². The number of carbonyl (C=O) groups excluding carboxylic acids is 1. The van der Waals surface area contributed by atoms with Crippen molar-refractivity contribution < 1.29 is 14.3 Å². The summed E-state index contributed by atoms with van der Waals surface area (Å²) in [5.41, 5.74) is 0.888. The molecule has 5 nitrogen and oxygen atoms in total. The summed E-state index contributed by atoms with van der Waals surface area (Å²) in [5.74, 6) is 0.928. The van der Waals surface area contributed by atoms with Crippen LogP contribution in [0.25, 0.3) is 0 Å². The first kappa shape index (κ1) is 17.6. The molecule has 1 amide bonds. The Morgan fingerprint density at radius 3 is 2.88 bits per heavy atom. The highest BCUT2D eigenvalue weighted by atomic mass is 16.5. The Labute approximate surface area is 155 Å². The van der Waals surface area contributed by atoms with Gasteiger partial charge in [0.25, 0.3) is 0 Å². The first-order valence-corrected chi connectivity index (χ1v) is 9.72. The molecule has 0 saturated carbocycles. The third-order valence-electron chi connectivity index (χ3n) is 5.89. The fourth-order valence-corrected chi connectivity index (χ4v) is 4.43. The lowest BCUT2D eigenvalue weighted by Gasteiger charge is -2.47. The van der Waals surface area contributed by atoms with Gasteiger partial charge in [-0.25, -0.2) is 0 Å². The molecule has 1 N–H and O–H groups in total. The van der Waals surface area contributed by atoms with Gasteiger partial charge >= 0.3 is 0 Å². The SMILES string of the molecule is C=CCN1CCC2(CC1)C[C@@H](NC(=O)[C@H]1CCCO1)c1ccccc1O2. The molecule has 140 valence electrons. The maximum atomic E-state index is 12.6. The number of likely N-dealkylation sites (tertiary alicyclic amines) is 1. The number of amides is 1. The second-order valence-corrected chi connectivity index (χ2v) is 7.68. The zero-order valence-corrected chi connectivity index (χ0v) is 15.3. The van der Waals surface area contributed by atoms with E-state index in [1.807, 2.05) is 24.3 Å². The average Bonchev–Trinajstić information content (AvgIpc) is 3.19. The van der Waals surface area contributed by atoms with E-state index in [0.29, 0.717) is 6.61 Å². The lowest BCUT2D eigenvalue weighted by Crippen LogP contribution is -2.52. The average molecular weight is 356 g/mol. The molecule has 2 saturated heterocycles. The van der Waals surface area contributed by atoms with Crippen molar-refractivity contribution in [2.45, 2.75) is 49.9 Å². The van der Waals surface area contributed by atoms with Gasteiger partial charge < -0.3 is 14.8 Å². The molecule has 3 aliphatic rings. The van der Waals surface area contributed by atoms with Gasteiger partial charge in [0, 0.05) is 38.2 Å². The van der Waals surface area contributed by atoms with Gasteiger partial charge in [0.05, 0.1) is 6.04 Å². The van der Waals surface area contributed by atoms with Crippen molar-refractivity contribution in [1.29, 1.82) is 0 Å². The summed E-state index contributed by atoms with van der Waals surface area (Å²) in [7, 11) is 0. The summed E-state index contributed by atoms with van der Waals surface area (Å²) < 4.78 is 12.1. The molecule has 26 heavy (non-hydrogen) atoms. The highest BCUT2D eigenvalue weighted by Gasteiger charge is 2.44. The van der Waals surface area contributed by atoms with Crippen molar-refractivity contribution >= 4 is 5.91 Å². The second kappa shape index (κ2) is 7.41. The van der Waals surface area contributed by atoms with Crippen LogP contribution >= 0.6 is 0 Å². The molecule has 0 radical (unpaired) electrons. The van der Waals surface area contributed by atoms with E-state index in [-0.39, 0.29) is 23.7 Å². The summed E-state index contributed by atoms with van der Waals surface area (Å²) >= 11 is 0. The maximum absolute atomic E-state index is 12.6. The Bertz CT molecular complexity index is 661. The summed E-state index contributed by atoms with van der Waals surface area (Å²) in [6.45, 7) is 7.45. The van der Waals surface area contributed by atoms with Gasteiger partial charge in [-0.05, 0) is 31.7 Å². The highest BCUT2D eigenvalue weighted by Crippen LogP contribution is 2.44. The minimum atomic E-state index is -0.296. The molecule has 0 aromatic heterocycles. The molecule has 4 rings (SSSR count). The summed E-state index contributed by atoms with van der Waals surface area (Å²) in [6, 6.07) is 8.09. The van der Waals surface area contributed by atoms with Crippen LogP contribution in [-0.2, 0) is 9.53 Å². The first-order chi connectivity index (χ1) is 12.7. The van der Waals surface area contributed by atoms with Crippen LogP contribution in [0.2, 0.25) is 0 Å². The molecule has 3 heterocycles. The number of ether oxygens (including phenoxy) is 2. The number of hydrogen-bond acceptors (Lipinski definition) is 4. The van der Waals surface area contributed by atoms with Crippen molar-refractivity contribution in [2.24, 2.45) is 0 Å². The molecule has 5 heteroatoms. The standard InChI is InChI=1S/C21H28N2O3/c1-2-11-23-12-9-21(10-13-23)15-17(16-6-3-4-7-18(16)26-21)22-20(24)19-8-5-14-25-19/h2-4,6-7,17,19H,1,5,8-15H2,(H,22,24)/t17-,19-/m1/s1. The fourth-order valence-electron chi connectivity index (χ4n) is 4.43. The fraction of sp³-hybridized carbons (Fsp3) is 0.571. The second-order valence-electron chi connectivity index (χ2n) is 7.68. The number of hydrogen-bond donors (Lipinski definition) is 1. The van der Waals surface area contributed by atoms with Crippen LogP contribution in [0.3, 0.4) is 0 Å². The van der Waals surface area contributed by atoms with Crippen molar-refractivity contribution in [3.8, 4) is 5.75 Å². The van der Waals surface area contributed by atoms with Crippen LogP contribution in [-0.4, -0.2) is 48.8 Å². The Balaban J connectivity index is 1.51. The van der Waals surface area contributed by atoms with Crippen molar-refractivity contribution in [2.75, 3.05) is 26.2 Å². The zero-order chi connectivity index (χ0) is 18.0. The number of nitrogens with one attached hydrogen (secondary N) is 1. The summed E-state index contributed by atoms with van der Waals surface area (Å²) in [5, 5.41) is 3.25. The molecule has 1 aromatic rings. The van der Waals surface area contributed by atoms with Crippen molar-refractivity contribution in [1.82, 2.24) is 10.2 Å². The van der Waals surface area contributed by atoms with E-state index < -0.39 is 0 Å². The predicted octanol–water partition coefficient (Wildman–Crippen LogP) is 2.83. The molecule has 3 aliphatic heterocycles. The van der Waals surface area contributed by atoms with Crippen molar-refractivity contribution in [3.63, 3.8) is 0 Å². The third kappa shape index (κ3) is 3.51. The Hall–Kier alpha value is -1.85. The zero-order valence-electron chi connectivity index (χ0n) is 15.3. The predicted molar refractivity (Wildman–Crippen MR) is 100 cm³/mol. The minimum Gasteiger partial charge on any atom is -0.487 e. The van der Waals surface area contributed by atoms with Gasteiger partial charge in [-0.3, -0.25) is 9.69 Å². The Kier molecular flexibility index (Phi) is 5.00. The Morgan fingerprint density at radius 1 is 1.35 bits per heavy atom. The smallest absolute Gasteiger partial charge is 0.249 e. The number of nitrogens with zero attached hydrogens (tertiary/aromatic N) is 1. The molecule has 0 aliphatic carbocycles. The van der Waals surface area contributed by atoms with E-state index in [0.717, 1.165) is 63.1 Å². The number of benzene rings is 1. The van der Waals surface area contributed by atoms with E-state index in [1.54, 1.807) is 0 Å². The molecular weight excluding hydrogens is 328 g/mol. The summed E-state index contributed by atoms with van der Waals surface area (Å²) in [4.78, 5) is 15.0. The van der Waals surface area contributed by atoms with Gasteiger partial charge in [-0.2, -0.15) is 0 Å².